The van der Waals surface area contributed by atoms with Crippen molar-refractivity contribution < 1.29 is 55.6 Å². The van der Waals surface area contributed by atoms with E-state index >= 15 is 0 Å². The fraction of sp³-hybridized carbons (Fsp3) is 0.156. The molecule has 48 heavy (non-hydrogen) atoms. The van der Waals surface area contributed by atoms with Crippen LogP contribution in [-0.4, -0.2) is 72.3 Å². The van der Waals surface area contributed by atoms with Crippen molar-refractivity contribution in [2.45, 2.75) is 16.4 Å². The molecule has 0 aliphatic heterocycles. The lowest BCUT2D eigenvalue weighted by atomic mass is 10.1. The van der Waals surface area contributed by atoms with Crippen LogP contribution in [0.25, 0.3) is 0 Å². The second-order valence-electron chi connectivity index (χ2n) is 9.93. The molecule has 2 N–H and O–H groups in total. The largest absolute Gasteiger partial charge is 0.497 e. The zero-order chi connectivity index (χ0) is 35.1. The first-order chi connectivity index (χ1) is 22.8. The SMILES string of the molecule is COc1ccc(S(=O)(=O)N(CC(=O)O)c2ccc(N(CC(=O)O)S(=O)(=O)c3ccc(OC)cc3)c(C(=O)OCc3ccccc3)c2)cc1. The smallest absolute Gasteiger partial charge is 0.340 e. The molecule has 0 saturated heterocycles. The van der Waals surface area contributed by atoms with Gasteiger partial charge in [0, 0.05) is 0 Å². The number of rotatable bonds is 15. The first-order valence-electron chi connectivity index (χ1n) is 13.9. The van der Waals surface area contributed by atoms with E-state index in [1.54, 1.807) is 30.3 Å². The molecule has 14 nitrogen and oxygen atoms in total. The Hall–Kier alpha value is -5.61. The van der Waals surface area contributed by atoms with Gasteiger partial charge >= 0.3 is 17.9 Å². The van der Waals surface area contributed by atoms with E-state index in [1.807, 2.05) is 0 Å². The number of anilines is 2. The summed E-state index contributed by atoms with van der Waals surface area (Å²) < 4.78 is 71.7. The summed E-state index contributed by atoms with van der Waals surface area (Å²) in [6.07, 6.45) is 0. The lowest BCUT2D eigenvalue weighted by Crippen LogP contribution is -2.38. The zero-order valence-electron chi connectivity index (χ0n) is 25.5. The van der Waals surface area contributed by atoms with Crippen LogP contribution in [0.5, 0.6) is 11.5 Å². The fourth-order valence-electron chi connectivity index (χ4n) is 4.47. The molecule has 0 aromatic heterocycles. The molecule has 0 atom stereocenters. The number of ether oxygens (including phenoxy) is 3. The van der Waals surface area contributed by atoms with Crippen LogP contribution in [0.3, 0.4) is 0 Å². The van der Waals surface area contributed by atoms with Gasteiger partial charge in [-0.3, -0.25) is 18.2 Å². The minimum absolute atomic E-state index is 0.281. The molecular weight excluding hydrogens is 668 g/mol. The molecule has 0 saturated carbocycles. The van der Waals surface area contributed by atoms with Gasteiger partial charge < -0.3 is 24.4 Å². The van der Waals surface area contributed by atoms with Gasteiger partial charge in [-0.05, 0) is 72.3 Å². The van der Waals surface area contributed by atoms with E-state index in [-0.39, 0.29) is 22.1 Å². The van der Waals surface area contributed by atoms with Crippen molar-refractivity contribution >= 4 is 49.3 Å². The van der Waals surface area contributed by atoms with E-state index in [0.717, 1.165) is 18.2 Å². The molecule has 0 heterocycles. The summed E-state index contributed by atoms with van der Waals surface area (Å²) >= 11 is 0. The monoisotopic (exact) mass is 698 g/mol. The normalized spacial score (nSPS) is 11.3. The highest BCUT2D eigenvalue weighted by molar-refractivity contribution is 7.93. The van der Waals surface area contributed by atoms with Gasteiger partial charge in [0.05, 0.1) is 40.9 Å². The van der Waals surface area contributed by atoms with Crippen molar-refractivity contribution in [2.75, 3.05) is 35.9 Å². The average molecular weight is 699 g/mol. The summed E-state index contributed by atoms with van der Waals surface area (Å²) in [6.45, 7) is -2.51. The van der Waals surface area contributed by atoms with Gasteiger partial charge in [0.2, 0.25) is 0 Å². The summed E-state index contributed by atoms with van der Waals surface area (Å²) in [5, 5.41) is 19.4. The summed E-state index contributed by atoms with van der Waals surface area (Å²) in [5.74, 6) is -3.60. The van der Waals surface area contributed by atoms with Gasteiger partial charge in [0.25, 0.3) is 20.0 Å². The Morgan fingerprint density at radius 3 is 1.60 bits per heavy atom. The number of carbonyl (C=O) groups is 3. The Balaban J connectivity index is 1.90. The van der Waals surface area contributed by atoms with Crippen LogP contribution in [0.4, 0.5) is 11.4 Å². The predicted octanol–water partition coefficient (Wildman–Crippen LogP) is 3.62. The lowest BCUT2D eigenvalue weighted by Gasteiger charge is -2.27. The topological polar surface area (TPSA) is 194 Å². The molecule has 0 aliphatic carbocycles. The van der Waals surface area contributed by atoms with Crippen LogP contribution in [-0.2, 0) is 41.0 Å². The Labute approximate surface area is 276 Å². The molecule has 4 rings (SSSR count). The molecule has 4 aromatic rings. The van der Waals surface area contributed by atoms with Gasteiger partial charge in [-0.2, -0.15) is 0 Å². The minimum atomic E-state index is -4.68. The van der Waals surface area contributed by atoms with Crippen molar-refractivity contribution in [1.82, 2.24) is 0 Å². The van der Waals surface area contributed by atoms with Crippen molar-refractivity contribution in [3.63, 3.8) is 0 Å². The predicted molar refractivity (Wildman–Crippen MR) is 172 cm³/mol. The molecule has 0 aliphatic rings. The summed E-state index contributed by atoms with van der Waals surface area (Å²) in [7, 11) is -6.52. The molecule has 252 valence electrons. The first-order valence-corrected chi connectivity index (χ1v) is 16.8. The number of hydrogen-bond acceptors (Lipinski definition) is 10. The third-order valence-corrected chi connectivity index (χ3v) is 10.4. The van der Waals surface area contributed by atoms with E-state index in [4.69, 9.17) is 14.2 Å². The second-order valence-corrected chi connectivity index (χ2v) is 13.6. The van der Waals surface area contributed by atoms with Crippen LogP contribution < -0.4 is 18.1 Å². The molecule has 0 fully saturated rings. The molecule has 16 heteroatoms. The number of nitrogens with zero attached hydrogens (tertiary/aromatic N) is 2. The third kappa shape index (κ3) is 8.02. The van der Waals surface area contributed by atoms with Crippen LogP contribution in [0.2, 0.25) is 0 Å². The van der Waals surface area contributed by atoms with Gasteiger partial charge in [-0.1, -0.05) is 30.3 Å². The van der Waals surface area contributed by atoms with Gasteiger partial charge in [0.1, 0.15) is 31.2 Å². The number of sulfonamides is 2. The third-order valence-electron chi connectivity index (χ3n) is 6.82. The van der Waals surface area contributed by atoms with Gasteiger partial charge in [-0.25, -0.2) is 21.6 Å². The average Bonchev–Trinajstić information content (AvgIpc) is 3.08. The highest BCUT2D eigenvalue weighted by Crippen LogP contribution is 2.34. The molecule has 0 unspecified atom stereocenters. The molecule has 0 spiro atoms. The summed E-state index contributed by atoms with van der Waals surface area (Å²) in [5.41, 5.74) is -0.804. The van der Waals surface area contributed by atoms with E-state index in [2.05, 4.69) is 0 Å². The first kappa shape index (κ1) is 35.2. The quantitative estimate of drug-likeness (QED) is 0.172. The van der Waals surface area contributed by atoms with Crippen LogP contribution in [0.15, 0.2) is 107 Å². The molecular formula is C32H30N2O12S2. The Morgan fingerprint density at radius 1 is 0.646 bits per heavy atom. The zero-order valence-corrected chi connectivity index (χ0v) is 27.2. The van der Waals surface area contributed by atoms with Crippen LogP contribution in [0.1, 0.15) is 15.9 Å². The highest BCUT2D eigenvalue weighted by atomic mass is 32.2. The fourth-order valence-corrected chi connectivity index (χ4v) is 7.31. The van der Waals surface area contributed by atoms with Crippen molar-refractivity contribution in [3.05, 3.63) is 108 Å². The molecule has 0 bridgehead atoms. The molecule has 4 aromatic carbocycles. The Bertz CT molecular complexity index is 2000. The maximum Gasteiger partial charge on any atom is 0.340 e. The number of hydrogen-bond donors (Lipinski definition) is 2. The number of carbonyl (C=O) groups excluding carboxylic acids is 1. The second kappa shape index (κ2) is 14.9. The number of carboxylic acids is 2. The minimum Gasteiger partial charge on any atom is -0.497 e. The van der Waals surface area contributed by atoms with E-state index in [1.165, 1.54) is 62.8 Å². The number of esters is 1. The number of aliphatic carboxylic acids is 2. The van der Waals surface area contributed by atoms with Gasteiger partial charge in [-0.15, -0.1) is 0 Å². The van der Waals surface area contributed by atoms with Crippen LogP contribution in [0, 0.1) is 0 Å². The standard InChI is InChI=1S/C32H30N2O12S2/c1-44-24-9-13-26(14-10-24)47(40,41)33(19-30(35)36)23-8-17-29(28(18-23)32(39)46-21-22-6-4-3-5-7-22)34(20-31(37)38)48(42,43)27-15-11-25(45-2)12-16-27/h3-18H,19-21H2,1-2H3,(H,35,36)(H,37,38). The molecule has 0 amide bonds. The van der Waals surface area contributed by atoms with E-state index in [0.29, 0.717) is 25.7 Å². The maximum absolute atomic E-state index is 13.9. The highest BCUT2D eigenvalue weighted by Gasteiger charge is 2.33. The summed E-state index contributed by atoms with van der Waals surface area (Å²) in [4.78, 5) is 36.9. The molecule has 0 radical (unpaired) electrons. The Morgan fingerprint density at radius 2 is 1.12 bits per heavy atom. The Kier molecular flexibility index (Phi) is 10.9. The maximum atomic E-state index is 13.9. The number of benzene rings is 4. The van der Waals surface area contributed by atoms with E-state index in [9.17, 15) is 41.4 Å². The summed E-state index contributed by atoms with van der Waals surface area (Å²) in [6, 6.07) is 21.6. The number of methoxy groups -OCH3 is 2. The van der Waals surface area contributed by atoms with Crippen molar-refractivity contribution in [2.24, 2.45) is 0 Å². The lowest BCUT2D eigenvalue weighted by molar-refractivity contribution is -0.136. The van der Waals surface area contributed by atoms with Crippen molar-refractivity contribution in [1.29, 1.82) is 0 Å². The van der Waals surface area contributed by atoms with Gasteiger partial charge in [0.15, 0.2) is 0 Å². The van der Waals surface area contributed by atoms with Crippen LogP contribution >= 0.6 is 0 Å². The number of carboxylic acid groups (broad SMARTS) is 2. The van der Waals surface area contributed by atoms with Crippen molar-refractivity contribution in [3.8, 4) is 11.5 Å². The van der Waals surface area contributed by atoms with E-state index < -0.39 is 62.3 Å².